The van der Waals surface area contributed by atoms with Gasteiger partial charge in [-0.05, 0) is 30.0 Å². The highest BCUT2D eigenvalue weighted by atomic mass is 16.5. The molecule has 1 aromatic heterocycles. The molecule has 0 saturated carbocycles. The van der Waals surface area contributed by atoms with E-state index in [9.17, 15) is 9.90 Å². The number of rotatable bonds is 8. The number of carbonyl (C=O) groups is 1. The summed E-state index contributed by atoms with van der Waals surface area (Å²) >= 11 is 0. The van der Waals surface area contributed by atoms with Gasteiger partial charge in [0.2, 0.25) is 0 Å². The van der Waals surface area contributed by atoms with Crippen LogP contribution in [0.3, 0.4) is 0 Å². The van der Waals surface area contributed by atoms with Crippen molar-refractivity contribution in [2.45, 2.75) is 25.5 Å². The van der Waals surface area contributed by atoms with E-state index < -0.39 is 6.10 Å². The molecular weight excluding hydrogens is 384 g/mol. The standard InChI is InChI=1S/C22H28N4O4/c1-29-22-24-18(8-15-13-30-14-15)9-20(25-22)21(28)23-10-19(27)12-26-7-6-16-4-2-3-5-17(16)11-26/h2-5,9,15,19,27H,6-8,10-14H2,1H3,(H,23,28)/t19-/m0/s1. The zero-order valence-corrected chi connectivity index (χ0v) is 17.2. The van der Waals surface area contributed by atoms with Gasteiger partial charge in [-0.15, -0.1) is 0 Å². The van der Waals surface area contributed by atoms with Crippen LogP contribution in [0.2, 0.25) is 0 Å². The molecule has 0 unspecified atom stereocenters. The van der Waals surface area contributed by atoms with Gasteiger partial charge in [0.05, 0.1) is 26.4 Å². The van der Waals surface area contributed by atoms with Crippen molar-refractivity contribution in [3.05, 3.63) is 52.8 Å². The molecule has 8 nitrogen and oxygen atoms in total. The van der Waals surface area contributed by atoms with Crippen molar-refractivity contribution in [2.75, 3.05) is 40.0 Å². The first-order valence-corrected chi connectivity index (χ1v) is 10.4. The molecule has 0 radical (unpaired) electrons. The number of aromatic nitrogens is 2. The van der Waals surface area contributed by atoms with Crippen molar-refractivity contribution in [2.24, 2.45) is 5.92 Å². The summed E-state index contributed by atoms with van der Waals surface area (Å²) < 4.78 is 10.3. The fourth-order valence-corrected chi connectivity index (χ4v) is 3.86. The van der Waals surface area contributed by atoms with Gasteiger partial charge in [-0.3, -0.25) is 9.69 Å². The Bertz CT molecular complexity index is 887. The lowest BCUT2D eigenvalue weighted by Gasteiger charge is -2.30. The lowest BCUT2D eigenvalue weighted by Crippen LogP contribution is -2.42. The quantitative estimate of drug-likeness (QED) is 0.663. The number of aliphatic hydroxyl groups is 1. The van der Waals surface area contributed by atoms with Gasteiger partial charge in [0.15, 0.2) is 0 Å². The second-order valence-electron chi connectivity index (χ2n) is 7.96. The Balaban J connectivity index is 1.30. The third kappa shape index (κ3) is 5.13. The predicted octanol–water partition coefficient (Wildman–Crippen LogP) is 0.823. The Hall–Kier alpha value is -2.55. The molecule has 30 heavy (non-hydrogen) atoms. The summed E-state index contributed by atoms with van der Waals surface area (Å²) in [4.78, 5) is 23.3. The number of hydrogen-bond donors (Lipinski definition) is 2. The average Bonchev–Trinajstić information content (AvgIpc) is 2.74. The van der Waals surface area contributed by atoms with Crippen LogP contribution in [0.1, 0.15) is 27.3 Å². The molecule has 0 aliphatic carbocycles. The highest BCUT2D eigenvalue weighted by molar-refractivity contribution is 5.92. The average molecular weight is 412 g/mol. The lowest BCUT2D eigenvalue weighted by atomic mass is 10.00. The van der Waals surface area contributed by atoms with Gasteiger partial charge in [0.25, 0.3) is 5.91 Å². The Kier molecular flexibility index (Phi) is 6.56. The summed E-state index contributed by atoms with van der Waals surface area (Å²) in [6, 6.07) is 10.2. The van der Waals surface area contributed by atoms with Crippen molar-refractivity contribution in [3.63, 3.8) is 0 Å². The van der Waals surface area contributed by atoms with Crippen LogP contribution in [-0.4, -0.2) is 71.9 Å². The highest BCUT2D eigenvalue weighted by Gasteiger charge is 2.22. The van der Waals surface area contributed by atoms with Crippen LogP contribution in [-0.2, 0) is 24.1 Å². The van der Waals surface area contributed by atoms with Gasteiger partial charge in [-0.2, -0.15) is 4.98 Å². The first kappa shape index (κ1) is 20.7. The molecule has 1 atom stereocenters. The van der Waals surface area contributed by atoms with E-state index in [1.807, 2.05) is 6.07 Å². The van der Waals surface area contributed by atoms with Crippen LogP contribution in [0.5, 0.6) is 6.01 Å². The molecule has 1 aromatic carbocycles. The van der Waals surface area contributed by atoms with Gasteiger partial charge >= 0.3 is 6.01 Å². The summed E-state index contributed by atoms with van der Waals surface area (Å²) in [6.45, 7) is 3.81. The van der Waals surface area contributed by atoms with Crippen LogP contribution >= 0.6 is 0 Å². The first-order chi connectivity index (χ1) is 14.6. The molecule has 3 heterocycles. The van der Waals surface area contributed by atoms with E-state index in [1.54, 1.807) is 6.07 Å². The molecule has 160 valence electrons. The van der Waals surface area contributed by atoms with E-state index >= 15 is 0 Å². The second-order valence-corrected chi connectivity index (χ2v) is 7.96. The number of methoxy groups -OCH3 is 1. The van der Waals surface area contributed by atoms with Crippen LogP contribution in [0.25, 0.3) is 0 Å². The zero-order chi connectivity index (χ0) is 20.9. The Morgan fingerprint density at radius 2 is 2.13 bits per heavy atom. The van der Waals surface area contributed by atoms with Gasteiger partial charge in [-0.25, -0.2) is 4.98 Å². The minimum atomic E-state index is -0.658. The summed E-state index contributed by atoms with van der Waals surface area (Å²) in [5, 5.41) is 13.2. The normalized spacial score (nSPS) is 17.7. The maximum atomic E-state index is 12.6. The van der Waals surface area contributed by atoms with E-state index in [0.717, 1.165) is 31.6 Å². The number of nitrogens with zero attached hydrogens (tertiary/aromatic N) is 3. The number of hydrogen-bond acceptors (Lipinski definition) is 7. The number of benzene rings is 1. The van der Waals surface area contributed by atoms with Gasteiger partial charge < -0.3 is 19.9 Å². The van der Waals surface area contributed by atoms with Crippen LogP contribution in [0, 0.1) is 5.92 Å². The lowest BCUT2D eigenvalue weighted by molar-refractivity contribution is -0.0317. The molecule has 4 rings (SSSR count). The molecule has 1 fully saturated rings. The van der Waals surface area contributed by atoms with E-state index in [4.69, 9.17) is 9.47 Å². The van der Waals surface area contributed by atoms with Gasteiger partial charge in [0.1, 0.15) is 5.69 Å². The van der Waals surface area contributed by atoms with Crippen molar-refractivity contribution in [1.29, 1.82) is 0 Å². The van der Waals surface area contributed by atoms with E-state index in [2.05, 4.69) is 38.4 Å². The number of ether oxygens (including phenoxy) is 2. The summed E-state index contributed by atoms with van der Waals surface area (Å²) in [6.07, 6.45) is 1.04. The van der Waals surface area contributed by atoms with Crippen LogP contribution < -0.4 is 10.1 Å². The van der Waals surface area contributed by atoms with Gasteiger partial charge in [-0.1, -0.05) is 24.3 Å². The molecule has 1 amide bonds. The maximum Gasteiger partial charge on any atom is 0.317 e. The maximum absolute atomic E-state index is 12.6. The molecule has 2 aliphatic heterocycles. The SMILES string of the molecule is COc1nc(CC2COC2)cc(C(=O)NC[C@H](O)CN2CCc3ccccc3C2)n1. The Morgan fingerprint density at radius 3 is 2.87 bits per heavy atom. The van der Waals surface area contributed by atoms with Crippen molar-refractivity contribution in [1.82, 2.24) is 20.2 Å². The summed E-state index contributed by atoms with van der Waals surface area (Å²) in [5.74, 6) is 0.0712. The number of nitrogens with one attached hydrogen (secondary N) is 1. The molecule has 2 N–H and O–H groups in total. The fraction of sp³-hybridized carbons (Fsp3) is 0.500. The molecule has 0 spiro atoms. The molecule has 2 aliphatic rings. The van der Waals surface area contributed by atoms with Gasteiger partial charge in [0, 0.05) is 37.8 Å². The van der Waals surface area contributed by atoms with E-state index in [0.29, 0.717) is 25.7 Å². The number of aliphatic hydroxyl groups excluding tert-OH is 1. The fourth-order valence-electron chi connectivity index (χ4n) is 3.86. The van der Waals surface area contributed by atoms with E-state index in [-0.39, 0.29) is 24.2 Å². The minimum absolute atomic E-state index is 0.162. The second kappa shape index (κ2) is 9.51. The predicted molar refractivity (Wildman–Crippen MR) is 110 cm³/mol. The molecule has 2 aromatic rings. The van der Waals surface area contributed by atoms with Crippen LogP contribution in [0.15, 0.2) is 30.3 Å². The third-order valence-electron chi connectivity index (χ3n) is 5.56. The van der Waals surface area contributed by atoms with Crippen molar-refractivity contribution < 1.29 is 19.4 Å². The summed E-state index contributed by atoms with van der Waals surface area (Å²) in [5.41, 5.74) is 3.68. The number of β-amino-alcohol motifs (C(OH)–C–C–N with tert-alkyl or cyclic N) is 1. The largest absolute Gasteiger partial charge is 0.467 e. The number of fused-ring (bicyclic) bond motifs is 1. The minimum Gasteiger partial charge on any atom is -0.467 e. The van der Waals surface area contributed by atoms with Crippen molar-refractivity contribution in [3.8, 4) is 6.01 Å². The van der Waals surface area contributed by atoms with Crippen LogP contribution in [0.4, 0.5) is 0 Å². The van der Waals surface area contributed by atoms with Crippen molar-refractivity contribution >= 4 is 5.91 Å². The molecule has 1 saturated heterocycles. The molecular formula is C22H28N4O4. The summed E-state index contributed by atoms with van der Waals surface area (Å²) in [7, 11) is 1.48. The zero-order valence-electron chi connectivity index (χ0n) is 17.2. The number of carbonyl (C=O) groups excluding carboxylic acids is 1. The number of amides is 1. The monoisotopic (exact) mass is 412 g/mol. The smallest absolute Gasteiger partial charge is 0.317 e. The molecule has 0 bridgehead atoms. The highest BCUT2D eigenvalue weighted by Crippen LogP contribution is 2.19. The Morgan fingerprint density at radius 1 is 1.33 bits per heavy atom. The third-order valence-corrected chi connectivity index (χ3v) is 5.56. The Labute approximate surface area is 176 Å². The topological polar surface area (TPSA) is 96.8 Å². The molecule has 8 heteroatoms. The first-order valence-electron chi connectivity index (χ1n) is 10.4. The van der Waals surface area contributed by atoms with E-state index in [1.165, 1.54) is 18.2 Å².